The van der Waals surface area contributed by atoms with E-state index in [1.807, 2.05) is 5.38 Å². The van der Waals surface area contributed by atoms with Crippen molar-refractivity contribution in [3.63, 3.8) is 0 Å². The van der Waals surface area contributed by atoms with E-state index in [0.717, 1.165) is 11.4 Å². The number of thiazole rings is 1. The van der Waals surface area contributed by atoms with E-state index in [9.17, 15) is 9.90 Å². The number of hydrogen-bond acceptors (Lipinski definition) is 5. The van der Waals surface area contributed by atoms with E-state index >= 15 is 0 Å². The Kier molecular flexibility index (Phi) is 7.31. The first kappa shape index (κ1) is 15.5. The molecule has 0 fully saturated rings. The summed E-state index contributed by atoms with van der Waals surface area (Å²) in [4.78, 5) is 15.6. The number of nitrogens with one attached hydrogen (secondary N) is 1. The zero-order valence-corrected chi connectivity index (χ0v) is 12.4. The van der Waals surface area contributed by atoms with Crippen molar-refractivity contribution in [2.75, 3.05) is 12.3 Å². The Balaban J connectivity index is 2.07. The van der Waals surface area contributed by atoms with Crippen molar-refractivity contribution in [2.45, 2.75) is 32.1 Å². The number of nitrogens with zero attached hydrogens (tertiary/aromatic N) is 1. The number of aliphatic hydroxyl groups is 1. The van der Waals surface area contributed by atoms with E-state index in [-0.39, 0.29) is 5.91 Å². The molecule has 1 unspecified atom stereocenters. The van der Waals surface area contributed by atoms with Gasteiger partial charge in [-0.15, -0.1) is 23.1 Å². The first-order valence-corrected chi connectivity index (χ1v) is 8.07. The fraction of sp³-hybridized carbons (Fsp3) is 0.667. The van der Waals surface area contributed by atoms with Crippen molar-refractivity contribution in [3.8, 4) is 0 Å². The van der Waals surface area contributed by atoms with Crippen molar-refractivity contribution in [2.24, 2.45) is 5.92 Å². The monoisotopic (exact) mass is 288 g/mol. The highest BCUT2D eigenvalue weighted by molar-refractivity contribution is 7.99. The van der Waals surface area contributed by atoms with Gasteiger partial charge in [-0.25, -0.2) is 4.98 Å². The fourth-order valence-electron chi connectivity index (χ4n) is 1.47. The lowest BCUT2D eigenvalue weighted by Gasteiger charge is -2.13. The van der Waals surface area contributed by atoms with Crippen LogP contribution in [0.25, 0.3) is 0 Å². The SMILES string of the molecule is CC(C)CC(O)CNC(=O)CSCc1cscn1. The lowest BCUT2D eigenvalue weighted by molar-refractivity contribution is -0.119. The third-order valence-corrected chi connectivity index (χ3v) is 3.85. The first-order chi connectivity index (χ1) is 8.58. The summed E-state index contributed by atoms with van der Waals surface area (Å²) in [5.41, 5.74) is 2.80. The molecule has 1 amide bonds. The Hall–Kier alpha value is -0.590. The second kappa shape index (κ2) is 8.50. The normalized spacial score (nSPS) is 12.7. The van der Waals surface area contributed by atoms with E-state index in [1.54, 1.807) is 16.8 Å². The molecule has 0 aliphatic carbocycles. The van der Waals surface area contributed by atoms with Crippen LogP contribution in [-0.4, -0.2) is 34.4 Å². The second-order valence-corrected chi connectivity index (χ2v) is 6.26. The largest absolute Gasteiger partial charge is 0.391 e. The molecular weight excluding hydrogens is 268 g/mol. The van der Waals surface area contributed by atoms with E-state index in [4.69, 9.17) is 0 Å². The molecule has 2 N–H and O–H groups in total. The minimum absolute atomic E-state index is 0.0296. The predicted molar refractivity (Wildman–Crippen MR) is 76.7 cm³/mol. The molecule has 0 aromatic carbocycles. The highest BCUT2D eigenvalue weighted by Crippen LogP contribution is 2.11. The predicted octanol–water partition coefficient (Wildman–Crippen LogP) is 1.90. The van der Waals surface area contributed by atoms with E-state index < -0.39 is 6.10 Å². The minimum Gasteiger partial charge on any atom is -0.391 e. The van der Waals surface area contributed by atoms with Gasteiger partial charge in [-0.3, -0.25) is 4.79 Å². The van der Waals surface area contributed by atoms with Gasteiger partial charge in [-0.2, -0.15) is 0 Å². The maximum Gasteiger partial charge on any atom is 0.230 e. The van der Waals surface area contributed by atoms with E-state index in [1.165, 1.54) is 11.8 Å². The van der Waals surface area contributed by atoms with Crippen molar-refractivity contribution < 1.29 is 9.90 Å². The number of rotatable bonds is 8. The summed E-state index contributed by atoms with van der Waals surface area (Å²) in [6.07, 6.45) is 0.268. The summed E-state index contributed by atoms with van der Waals surface area (Å²) in [5, 5.41) is 14.3. The Morgan fingerprint density at radius 3 is 3.00 bits per heavy atom. The molecule has 0 saturated heterocycles. The topological polar surface area (TPSA) is 62.2 Å². The molecule has 102 valence electrons. The summed E-state index contributed by atoms with van der Waals surface area (Å²) in [6.45, 7) is 4.44. The molecule has 18 heavy (non-hydrogen) atoms. The van der Waals surface area contributed by atoms with Crippen LogP contribution in [-0.2, 0) is 10.5 Å². The van der Waals surface area contributed by atoms with Crippen LogP contribution < -0.4 is 5.32 Å². The van der Waals surface area contributed by atoms with Gasteiger partial charge in [0.05, 0.1) is 23.1 Å². The molecule has 0 aliphatic rings. The summed E-state index contributed by atoms with van der Waals surface area (Å²) < 4.78 is 0. The summed E-state index contributed by atoms with van der Waals surface area (Å²) in [5.74, 6) is 1.58. The first-order valence-electron chi connectivity index (χ1n) is 5.97. The van der Waals surface area contributed by atoms with Gasteiger partial charge in [-0.05, 0) is 12.3 Å². The van der Waals surface area contributed by atoms with Gasteiger partial charge >= 0.3 is 0 Å². The molecule has 1 aromatic heterocycles. The number of carbonyl (C=O) groups is 1. The molecule has 1 aromatic rings. The van der Waals surface area contributed by atoms with E-state index in [2.05, 4.69) is 24.1 Å². The van der Waals surface area contributed by atoms with Gasteiger partial charge in [0, 0.05) is 17.7 Å². The molecule has 0 aliphatic heterocycles. The van der Waals surface area contributed by atoms with Crippen LogP contribution in [0.5, 0.6) is 0 Å². The van der Waals surface area contributed by atoms with Gasteiger partial charge < -0.3 is 10.4 Å². The van der Waals surface area contributed by atoms with Gasteiger partial charge in [0.25, 0.3) is 0 Å². The molecule has 0 radical (unpaired) electrons. The van der Waals surface area contributed by atoms with Gasteiger partial charge in [0.1, 0.15) is 0 Å². The molecule has 4 nitrogen and oxygen atoms in total. The Morgan fingerprint density at radius 1 is 1.61 bits per heavy atom. The number of amides is 1. The van der Waals surface area contributed by atoms with Crippen LogP contribution in [0.2, 0.25) is 0 Å². The van der Waals surface area contributed by atoms with Crippen LogP contribution in [0.4, 0.5) is 0 Å². The molecule has 1 rings (SSSR count). The summed E-state index contributed by atoms with van der Waals surface area (Å²) in [7, 11) is 0. The maximum absolute atomic E-state index is 11.5. The van der Waals surface area contributed by atoms with Crippen molar-refractivity contribution in [3.05, 3.63) is 16.6 Å². The van der Waals surface area contributed by atoms with Crippen molar-refractivity contribution >= 4 is 29.0 Å². The average molecular weight is 288 g/mol. The highest BCUT2D eigenvalue weighted by Gasteiger charge is 2.09. The molecule has 1 atom stereocenters. The third-order valence-electron chi connectivity index (χ3n) is 2.24. The number of hydrogen-bond donors (Lipinski definition) is 2. The standard InChI is InChI=1S/C12H20N2O2S2/c1-9(2)3-11(15)4-13-12(16)7-17-5-10-6-18-8-14-10/h6,8-9,11,15H,3-5,7H2,1-2H3,(H,13,16). The highest BCUT2D eigenvalue weighted by atomic mass is 32.2. The van der Waals surface area contributed by atoms with Crippen LogP contribution >= 0.6 is 23.1 Å². The fourth-order valence-corrected chi connectivity index (χ4v) is 2.89. The number of aromatic nitrogens is 1. The second-order valence-electron chi connectivity index (χ2n) is 4.56. The summed E-state index contributed by atoms with van der Waals surface area (Å²) >= 11 is 3.10. The minimum atomic E-state index is -0.447. The number of carbonyl (C=O) groups excluding carboxylic acids is 1. The lowest BCUT2D eigenvalue weighted by Crippen LogP contribution is -2.33. The molecule has 0 spiro atoms. The van der Waals surface area contributed by atoms with Crippen molar-refractivity contribution in [1.82, 2.24) is 10.3 Å². The van der Waals surface area contributed by atoms with Gasteiger partial charge in [0.2, 0.25) is 5.91 Å². The van der Waals surface area contributed by atoms with Crippen LogP contribution in [0.15, 0.2) is 10.9 Å². The Labute approximate surface area is 116 Å². The Bertz CT molecular complexity index is 342. The zero-order chi connectivity index (χ0) is 13.4. The molecular formula is C12H20N2O2S2. The van der Waals surface area contributed by atoms with Gasteiger partial charge in [-0.1, -0.05) is 13.8 Å². The quantitative estimate of drug-likeness (QED) is 0.767. The maximum atomic E-state index is 11.5. The van der Waals surface area contributed by atoms with E-state index in [0.29, 0.717) is 24.6 Å². The Morgan fingerprint density at radius 2 is 2.39 bits per heavy atom. The lowest BCUT2D eigenvalue weighted by atomic mass is 10.1. The molecule has 6 heteroatoms. The number of thioether (sulfide) groups is 1. The zero-order valence-electron chi connectivity index (χ0n) is 10.8. The van der Waals surface area contributed by atoms with Crippen LogP contribution in [0, 0.1) is 5.92 Å². The third kappa shape index (κ3) is 6.98. The van der Waals surface area contributed by atoms with Crippen LogP contribution in [0.1, 0.15) is 26.0 Å². The number of aliphatic hydroxyl groups excluding tert-OH is 1. The van der Waals surface area contributed by atoms with Crippen molar-refractivity contribution in [1.29, 1.82) is 0 Å². The summed E-state index contributed by atoms with van der Waals surface area (Å²) in [6, 6.07) is 0. The molecule has 1 heterocycles. The smallest absolute Gasteiger partial charge is 0.230 e. The van der Waals surface area contributed by atoms with Gasteiger partial charge in [0.15, 0.2) is 0 Å². The molecule has 0 bridgehead atoms. The average Bonchev–Trinajstić information content (AvgIpc) is 2.78. The molecule has 0 saturated carbocycles. The van der Waals surface area contributed by atoms with Crippen LogP contribution in [0.3, 0.4) is 0 Å².